The molecule has 112 valence electrons. The lowest BCUT2D eigenvalue weighted by Gasteiger charge is -2.12. The lowest BCUT2D eigenvalue weighted by molar-refractivity contribution is -0.116. The van der Waals surface area contributed by atoms with Crippen LogP contribution in [-0.2, 0) is 14.8 Å². The van der Waals surface area contributed by atoms with E-state index >= 15 is 0 Å². The van der Waals surface area contributed by atoms with Gasteiger partial charge in [-0.05, 0) is 44.8 Å². The fourth-order valence-electron chi connectivity index (χ4n) is 1.75. The molecule has 0 fully saturated rings. The lowest BCUT2D eigenvalue weighted by atomic mass is 10.2. The van der Waals surface area contributed by atoms with Gasteiger partial charge in [-0.25, -0.2) is 13.1 Å². The molecule has 0 aliphatic heterocycles. The van der Waals surface area contributed by atoms with Gasteiger partial charge in [0.25, 0.3) is 0 Å². The molecular weight excluding hydrogens is 278 g/mol. The van der Waals surface area contributed by atoms with Crippen LogP contribution in [-0.4, -0.2) is 34.0 Å². The van der Waals surface area contributed by atoms with Gasteiger partial charge in [-0.1, -0.05) is 6.92 Å². The Morgan fingerprint density at radius 3 is 2.35 bits per heavy atom. The van der Waals surface area contributed by atoms with Crippen LogP contribution in [0, 0.1) is 0 Å². The third kappa shape index (κ3) is 4.92. The van der Waals surface area contributed by atoms with Crippen molar-refractivity contribution in [2.75, 3.05) is 18.9 Å². The summed E-state index contributed by atoms with van der Waals surface area (Å²) in [6.07, 6.45) is 0.365. The van der Waals surface area contributed by atoms with Crippen molar-refractivity contribution in [2.24, 2.45) is 0 Å². The Labute approximate surface area is 120 Å². The summed E-state index contributed by atoms with van der Waals surface area (Å²) in [4.78, 5) is 11.9. The molecule has 0 heterocycles. The average Bonchev–Trinajstić information content (AvgIpc) is 2.39. The minimum absolute atomic E-state index is 0.101. The first-order valence-corrected chi connectivity index (χ1v) is 7.94. The van der Waals surface area contributed by atoms with Crippen molar-refractivity contribution >= 4 is 21.6 Å². The Bertz CT molecular complexity index is 540. The van der Waals surface area contributed by atoms with Crippen molar-refractivity contribution in [2.45, 2.75) is 31.2 Å². The minimum Gasteiger partial charge on any atom is -0.326 e. The highest BCUT2D eigenvalue weighted by Gasteiger charge is 2.12. The molecule has 0 radical (unpaired) electrons. The molecule has 0 saturated carbocycles. The van der Waals surface area contributed by atoms with Gasteiger partial charge in [-0.3, -0.25) is 4.79 Å². The predicted molar refractivity (Wildman–Crippen MR) is 79.1 cm³/mol. The number of carbonyl (C=O) groups excluding carboxylic acids is 1. The molecule has 6 nitrogen and oxygen atoms in total. The largest absolute Gasteiger partial charge is 0.326 e. The van der Waals surface area contributed by atoms with Crippen molar-refractivity contribution in [1.82, 2.24) is 10.0 Å². The normalized spacial score (nSPS) is 12.9. The molecule has 1 atom stereocenters. The second kappa shape index (κ2) is 7.37. The van der Waals surface area contributed by atoms with Crippen LogP contribution in [0.2, 0.25) is 0 Å². The number of carbonyl (C=O) groups is 1. The number of nitrogens with one attached hydrogen (secondary N) is 3. The molecule has 0 spiro atoms. The summed E-state index contributed by atoms with van der Waals surface area (Å²) < 4.78 is 25.3. The summed E-state index contributed by atoms with van der Waals surface area (Å²) in [7, 11) is -2.09. The quantitative estimate of drug-likeness (QED) is 0.699. The summed E-state index contributed by atoms with van der Waals surface area (Å²) >= 11 is 0. The first kappa shape index (κ1) is 16.6. The van der Waals surface area contributed by atoms with Crippen molar-refractivity contribution in [1.29, 1.82) is 0 Å². The molecule has 7 heteroatoms. The SMILES string of the molecule is CCNC(C)CC(=O)Nc1ccc(S(=O)(=O)NC)cc1. The maximum atomic E-state index is 11.8. The number of rotatable bonds is 7. The van der Waals surface area contributed by atoms with Gasteiger partial charge in [0, 0.05) is 18.2 Å². The zero-order chi connectivity index (χ0) is 15.2. The number of sulfonamides is 1. The number of hydrogen-bond donors (Lipinski definition) is 3. The molecule has 0 bridgehead atoms. The van der Waals surface area contributed by atoms with E-state index in [0.29, 0.717) is 12.1 Å². The second-order valence-corrected chi connectivity index (χ2v) is 6.33. The highest BCUT2D eigenvalue weighted by atomic mass is 32.2. The molecule has 1 aromatic carbocycles. The Kier molecular flexibility index (Phi) is 6.12. The third-order valence-corrected chi connectivity index (χ3v) is 4.19. The van der Waals surface area contributed by atoms with Crippen LogP contribution in [0.25, 0.3) is 0 Å². The van der Waals surface area contributed by atoms with Gasteiger partial charge in [0.1, 0.15) is 0 Å². The Morgan fingerprint density at radius 1 is 1.25 bits per heavy atom. The van der Waals surface area contributed by atoms with E-state index in [9.17, 15) is 13.2 Å². The molecule has 0 saturated heterocycles. The van der Waals surface area contributed by atoms with Crippen LogP contribution < -0.4 is 15.4 Å². The standard InChI is InChI=1S/C13H21N3O3S/c1-4-15-10(2)9-13(17)16-11-5-7-12(8-6-11)20(18,19)14-3/h5-8,10,14-15H,4,9H2,1-3H3,(H,16,17). The smallest absolute Gasteiger partial charge is 0.240 e. The Hall–Kier alpha value is -1.44. The summed E-state index contributed by atoms with van der Waals surface area (Å²) in [5.74, 6) is -0.109. The molecule has 0 aromatic heterocycles. The van der Waals surface area contributed by atoms with Gasteiger partial charge >= 0.3 is 0 Å². The van der Waals surface area contributed by atoms with Gasteiger partial charge in [0.15, 0.2) is 0 Å². The van der Waals surface area contributed by atoms with Crippen LogP contribution in [0.15, 0.2) is 29.2 Å². The first-order chi connectivity index (χ1) is 9.39. The van der Waals surface area contributed by atoms with Gasteiger partial charge in [-0.2, -0.15) is 0 Å². The highest BCUT2D eigenvalue weighted by Crippen LogP contribution is 2.14. The lowest BCUT2D eigenvalue weighted by Crippen LogP contribution is -2.30. The molecule has 0 aliphatic rings. The molecular formula is C13H21N3O3S. The van der Waals surface area contributed by atoms with Crippen LogP contribution in [0.3, 0.4) is 0 Å². The molecule has 1 rings (SSSR count). The van der Waals surface area contributed by atoms with Gasteiger partial charge in [-0.15, -0.1) is 0 Å². The van der Waals surface area contributed by atoms with Gasteiger partial charge in [0.2, 0.25) is 15.9 Å². The van der Waals surface area contributed by atoms with Gasteiger partial charge in [0.05, 0.1) is 4.90 Å². The summed E-state index contributed by atoms with van der Waals surface area (Å²) in [5.41, 5.74) is 0.578. The number of benzene rings is 1. The third-order valence-electron chi connectivity index (χ3n) is 2.76. The molecule has 20 heavy (non-hydrogen) atoms. The number of amides is 1. The van der Waals surface area contributed by atoms with Crippen LogP contribution in [0.5, 0.6) is 0 Å². The molecule has 1 unspecified atom stereocenters. The van der Waals surface area contributed by atoms with E-state index in [1.165, 1.54) is 19.2 Å². The van der Waals surface area contributed by atoms with Crippen LogP contribution >= 0.6 is 0 Å². The first-order valence-electron chi connectivity index (χ1n) is 6.46. The van der Waals surface area contributed by atoms with E-state index in [-0.39, 0.29) is 16.8 Å². The minimum atomic E-state index is -3.44. The molecule has 1 aromatic rings. The Balaban J connectivity index is 2.64. The van der Waals surface area contributed by atoms with E-state index in [1.807, 2.05) is 13.8 Å². The molecule has 1 amide bonds. The van der Waals surface area contributed by atoms with E-state index in [4.69, 9.17) is 0 Å². The number of hydrogen-bond acceptors (Lipinski definition) is 4. The Morgan fingerprint density at radius 2 is 1.85 bits per heavy atom. The van der Waals surface area contributed by atoms with Crippen molar-refractivity contribution in [3.8, 4) is 0 Å². The average molecular weight is 299 g/mol. The molecule has 3 N–H and O–H groups in total. The van der Waals surface area contributed by atoms with Crippen molar-refractivity contribution in [3.63, 3.8) is 0 Å². The van der Waals surface area contributed by atoms with Crippen molar-refractivity contribution in [3.05, 3.63) is 24.3 Å². The van der Waals surface area contributed by atoms with Gasteiger partial charge < -0.3 is 10.6 Å². The van der Waals surface area contributed by atoms with Crippen molar-refractivity contribution < 1.29 is 13.2 Å². The molecule has 0 aliphatic carbocycles. The topological polar surface area (TPSA) is 87.3 Å². The fourth-order valence-corrected chi connectivity index (χ4v) is 2.48. The monoisotopic (exact) mass is 299 g/mol. The fraction of sp³-hybridized carbons (Fsp3) is 0.462. The maximum Gasteiger partial charge on any atom is 0.240 e. The van der Waals surface area contributed by atoms with E-state index < -0.39 is 10.0 Å². The zero-order valence-corrected chi connectivity index (χ0v) is 12.8. The van der Waals surface area contributed by atoms with E-state index in [2.05, 4.69) is 15.4 Å². The second-order valence-electron chi connectivity index (χ2n) is 4.44. The zero-order valence-electron chi connectivity index (χ0n) is 11.9. The highest BCUT2D eigenvalue weighted by molar-refractivity contribution is 7.89. The number of anilines is 1. The van der Waals surface area contributed by atoms with Crippen LogP contribution in [0.4, 0.5) is 5.69 Å². The maximum absolute atomic E-state index is 11.8. The predicted octanol–water partition coefficient (Wildman–Crippen LogP) is 0.921. The summed E-state index contributed by atoms with van der Waals surface area (Å²) in [5, 5.41) is 5.88. The van der Waals surface area contributed by atoms with E-state index in [0.717, 1.165) is 6.54 Å². The van der Waals surface area contributed by atoms with E-state index in [1.54, 1.807) is 12.1 Å². The summed E-state index contributed by atoms with van der Waals surface area (Å²) in [6, 6.07) is 6.15. The van der Waals surface area contributed by atoms with Crippen LogP contribution in [0.1, 0.15) is 20.3 Å². The summed E-state index contributed by atoms with van der Waals surface area (Å²) in [6.45, 7) is 4.73.